The van der Waals surface area contributed by atoms with Crippen LogP contribution >= 0.6 is 0 Å². The summed E-state index contributed by atoms with van der Waals surface area (Å²) in [6.45, 7) is 1.60. The highest BCUT2D eigenvalue weighted by atomic mass is 16.4. The van der Waals surface area contributed by atoms with Crippen LogP contribution in [0, 0.1) is 0 Å². The van der Waals surface area contributed by atoms with Crippen molar-refractivity contribution in [3.63, 3.8) is 0 Å². The molecular formula is C19H21NO3. The molecule has 0 spiro atoms. The number of aliphatic carboxylic acids is 1. The summed E-state index contributed by atoms with van der Waals surface area (Å²) in [6, 6.07) is 17.6. The van der Waals surface area contributed by atoms with E-state index in [9.17, 15) is 15.0 Å². The lowest BCUT2D eigenvalue weighted by atomic mass is 10.0. The summed E-state index contributed by atoms with van der Waals surface area (Å²) in [7, 11) is 0. The van der Waals surface area contributed by atoms with E-state index in [0.717, 1.165) is 11.1 Å². The molecule has 0 aromatic heterocycles. The van der Waals surface area contributed by atoms with E-state index in [1.165, 1.54) is 0 Å². The second-order valence-corrected chi connectivity index (χ2v) is 5.38. The van der Waals surface area contributed by atoms with Crippen molar-refractivity contribution in [2.45, 2.75) is 19.0 Å². The maximum absolute atomic E-state index is 11.6. The largest absolute Gasteiger partial charge is 0.480 e. The first-order valence-corrected chi connectivity index (χ1v) is 7.49. The molecule has 0 radical (unpaired) electrons. The zero-order chi connectivity index (χ0) is 16.7. The molecule has 0 aliphatic heterocycles. The number of nitrogens with one attached hydrogen (secondary N) is 1. The van der Waals surface area contributed by atoms with Crippen molar-refractivity contribution in [1.29, 1.82) is 0 Å². The number of rotatable bonds is 7. The first kappa shape index (κ1) is 16.9. The van der Waals surface area contributed by atoms with Crippen LogP contribution in [0.25, 0.3) is 6.08 Å². The van der Waals surface area contributed by atoms with Gasteiger partial charge in [0.25, 0.3) is 0 Å². The van der Waals surface area contributed by atoms with Crippen LogP contribution < -0.4 is 5.32 Å². The normalized spacial score (nSPS) is 14.3. The third kappa shape index (κ3) is 4.77. The van der Waals surface area contributed by atoms with Crippen molar-refractivity contribution in [2.24, 2.45) is 0 Å². The molecule has 0 aliphatic rings. The number of aliphatic hydroxyl groups excluding tert-OH is 1. The van der Waals surface area contributed by atoms with E-state index in [2.05, 4.69) is 5.32 Å². The highest BCUT2D eigenvalue weighted by Crippen LogP contribution is 2.16. The Balaban J connectivity index is 2.21. The van der Waals surface area contributed by atoms with E-state index >= 15 is 0 Å². The quantitative estimate of drug-likeness (QED) is 0.735. The van der Waals surface area contributed by atoms with Crippen LogP contribution in [0.15, 0.2) is 66.2 Å². The van der Waals surface area contributed by atoms with Gasteiger partial charge in [-0.2, -0.15) is 0 Å². The Morgan fingerprint density at radius 3 is 2.17 bits per heavy atom. The Kier molecular flexibility index (Phi) is 6.09. The van der Waals surface area contributed by atoms with Gasteiger partial charge in [0.15, 0.2) is 0 Å². The maximum atomic E-state index is 11.6. The number of benzene rings is 2. The van der Waals surface area contributed by atoms with Gasteiger partial charge in [-0.1, -0.05) is 66.7 Å². The first-order valence-electron chi connectivity index (χ1n) is 7.49. The number of carboxylic acids is 1. The minimum absolute atomic E-state index is 0.174. The van der Waals surface area contributed by atoms with E-state index in [1.807, 2.05) is 66.7 Å². The van der Waals surface area contributed by atoms with Gasteiger partial charge in [-0.15, -0.1) is 0 Å². The number of hydrogen-bond acceptors (Lipinski definition) is 3. The average molecular weight is 311 g/mol. The lowest BCUT2D eigenvalue weighted by molar-refractivity contribution is -0.138. The Hall–Kier alpha value is -2.43. The molecule has 2 rings (SSSR count). The fourth-order valence-corrected chi connectivity index (χ4v) is 2.43. The summed E-state index contributed by atoms with van der Waals surface area (Å²) in [6.07, 6.45) is 1.84. The standard InChI is InChI=1S/C19H21NO3/c1-14(12-15-8-4-2-5-9-15)18(19(22)23)20-17(13-21)16-10-6-3-7-11-16/h2-12,17-18,20-21H,13H2,1H3,(H,22,23)/b14-12+. The predicted octanol–water partition coefficient (Wildman–Crippen LogP) is 2.87. The van der Waals surface area contributed by atoms with Gasteiger partial charge in [0.2, 0.25) is 0 Å². The molecule has 4 heteroatoms. The number of aliphatic hydroxyl groups is 1. The Bertz CT molecular complexity index is 653. The lowest BCUT2D eigenvalue weighted by Crippen LogP contribution is -2.41. The molecule has 0 saturated heterocycles. The van der Waals surface area contributed by atoms with Crippen LogP contribution in [0.4, 0.5) is 0 Å². The molecule has 0 saturated carbocycles. The van der Waals surface area contributed by atoms with E-state index in [4.69, 9.17) is 0 Å². The first-order chi connectivity index (χ1) is 11.1. The molecule has 0 aliphatic carbocycles. The van der Waals surface area contributed by atoms with Gasteiger partial charge in [-0.25, -0.2) is 0 Å². The van der Waals surface area contributed by atoms with E-state index in [1.54, 1.807) is 6.92 Å². The predicted molar refractivity (Wildman–Crippen MR) is 90.9 cm³/mol. The van der Waals surface area contributed by atoms with E-state index < -0.39 is 18.1 Å². The third-order valence-electron chi connectivity index (χ3n) is 3.65. The van der Waals surface area contributed by atoms with Gasteiger partial charge in [0.05, 0.1) is 12.6 Å². The Morgan fingerprint density at radius 1 is 1.09 bits per heavy atom. The van der Waals surface area contributed by atoms with Crippen molar-refractivity contribution in [3.8, 4) is 0 Å². The van der Waals surface area contributed by atoms with Gasteiger partial charge in [-0.3, -0.25) is 10.1 Å². The van der Waals surface area contributed by atoms with Crippen molar-refractivity contribution < 1.29 is 15.0 Å². The lowest BCUT2D eigenvalue weighted by Gasteiger charge is -2.23. The van der Waals surface area contributed by atoms with Gasteiger partial charge >= 0.3 is 5.97 Å². The van der Waals surface area contributed by atoms with Gasteiger partial charge < -0.3 is 10.2 Å². The third-order valence-corrected chi connectivity index (χ3v) is 3.65. The van der Waals surface area contributed by atoms with E-state index in [-0.39, 0.29) is 6.61 Å². The van der Waals surface area contributed by atoms with Gasteiger partial charge in [0, 0.05) is 0 Å². The molecule has 2 atom stereocenters. The summed E-state index contributed by atoms with van der Waals surface area (Å²) in [5.41, 5.74) is 2.48. The zero-order valence-corrected chi connectivity index (χ0v) is 13.0. The smallest absolute Gasteiger partial charge is 0.325 e. The van der Waals surface area contributed by atoms with Crippen LogP contribution in [0.3, 0.4) is 0 Å². The Labute approximate surface area is 136 Å². The molecule has 0 bridgehead atoms. The summed E-state index contributed by atoms with van der Waals surface area (Å²) in [5, 5.41) is 22.2. The minimum atomic E-state index is -0.968. The van der Waals surface area contributed by atoms with E-state index in [0.29, 0.717) is 5.57 Å². The summed E-state index contributed by atoms with van der Waals surface area (Å²) in [4.78, 5) is 11.6. The molecule has 23 heavy (non-hydrogen) atoms. The van der Waals surface area contributed by atoms with Crippen LogP contribution in [0.1, 0.15) is 24.1 Å². The monoisotopic (exact) mass is 311 g/mol. The SMILES string of the molecule is C/C(=C\c1ccccc1)C(NC(CO)c1ccccc1)C(=O)O. The molecule has 0 heterocycles. The Morgan fingerprint density at radius 2 is 1.65 bits per heavy atom. The van der Waals surface area contributed by atoms with Gasteiger partial charge in [0.1, 0.15) is 6.04 Å². The fraction of sp³-hybridized carbons (Fsp3) is 0.211. The highest BCUT2D eigenvalue weighted by molar-refractivity contribution is 5.79. The van der Waals surface area contributed by atoms with Crippen molar-refractivity contribution in [1.82, 2.24) is 5.32 Å². The van der Waals surface area contributed by atoms with Crippen LogP contribution in [-0.4, -0.2) is 28.8 Å². The zero-order valence-electron chi connectivity index (χ0n) is 13.0. The number of hydrogen-bond donors (Lipinski definition) is 3. The molecule has 2 aromatic rings. The molecule has 2 aromatic carbocycles. The number of carboxylic acid groups (broad SMARTS) is 1. The second kappa shape index (κ2) is 8.27. The number of carbonyl (C=O) groups is 1. The summed E-state index contributed by atoms with van der Waals surface area (Å²) >= 11 is 0. The minimum Gasteiger partial charge on any atom is -0.480 e. The summed E-state index contributed by atoms with van der Waals surface area (Å²) in [5.74, 6) is -0.968. The van der Waals surface area contributed by atoms with Crippen molar-refractivity contribution >= 4 is 12.0 Å². The van der Waals surface area contributed by atoms with Crippen LogP contribution in [-0.2, 0) is 4.79 Å². The molecule has 2 unspecified atom stereocenters. The molecule has 0 amide bonds. The molecule has 3 N–H and O–H groups in total. The maximum Gasteiger partial charge on any atom is 0.325 e. The fourth-order valence-electron chi connectivity index (χ4n) is 2.43. The van der Waals surface area contributed by atoms with Crippen molar-refractivity contribution in [3.05, 3.63) is 77.4 Å². The average Bonchev–Trinajstić information content (AvgIpc) is 2.57. The molecule has 120 valence electrons. The van der Waals surface area contributed by atoms with Crippen LogP contribution in [0.5, 0.6) is 0 Å². The summed E-state index contributed by atoms with van der Waals surface area (Å²) < 4.78 is 0. The van der Waals surface area contributed by atoms with Gasteiger partial charge in [-0.05, 0) is 23.6 Å². The highest BCUT2D eigenvalue weighted by Gasteiger charge is 2.23. The topological polar surface area (TPSA) is 69.6 Å². The molecule has 0 fully saturated rings. The van der Waals surface area contributed by atoms with Crippen LogP contribution in [0.2, 0.25) is 0 Å². The van der Waals surface area contributed by atoms with Crippen molar-refractivity contribution in [2.75, 3.05) is 6.61 Å². The second-order valence-electron chi connectivity index (χ2n) is 5.38. The molecule has 4 nitrogen and oxygen atoms in total. The molecular weight excluding hydrogens is 290 g/mol.